The molecule has 2 rings (SSSR count). The van der Waals surface area contributed by atoms with Crippen LogP contribution in [0.1, 0.15) is 53.9 Å². The highest BCUT2D eigenvalue weighted by atomic mass is 16.3. The van der Waals surface area contributed by atoms with Crippen molar-refractivity contribution < 1.29 is 5.11 Å². The summed E-state index contributed by atoms with van der Waals surface area (Å²) in [5.74, 6) is 0.964. The molecule has 0 heterocycles. The van der Waals surface area contributed by atoms with E-state index in [1.165, 1.54) is 19.3 Å². The molecule has 2 fully saturated rings. The van der Waals surface area contributed by atoms with E-state index in [1.54, 1.807) is 0 Å². The number of hydrogen-bond donors (Lipinski definition) is 2. The van der Waals surface area contributed by atoms with Gasteiger partial charge in [0.1, 0.15) is 0 Å². The first-order valence-corrected chi connectivity index (χ1v) is 8.41. The lowest BCUT2D eigenvalue weighted by Crippen LogP contribution is -2.65. The maximum atomic E-state index is 10.00. The fraction of sp³-hybridized carbons (Fsp3) is 1.00. The second-order valence-corrected chi connectivity index (χ2v) is 7.71. The Balaban J connectivity index is 2.55. The minimum Gasteiger partial charge on any atom is -0.396 e. The van der Waals surface area contributed by atoms with Gasteiger partial charge in [-0.3, -0.25) is 4.90 Å². The van der Waals surface area contributed by atoms with Gasteiger partial charge in [0.15, 0.2) is 0 Å². The van der Waals surface area contributed by atoms with E-state index in [2.05, 4.69) is 39.5 Å². The standard InChI is InChI=1S/C17H34N2O/c1-6-19(7-2)17(14(11-18)12-20)10-13-8-9-16(17,5)15(13,3)4/h13-14,20H,6-12,18H2,1-5H3/t13-,14+,16+,17+/m1/s1. The molecule has 0 unspecified atom stereocenters. The number of aliphatic hydroxyl groups is 1. The van der Waals surface area contributed by atoms with E-state index in [0.717, 1.165) is 19.0 Å². The predicted molar refractivity (Wildman–Crippen MR) is 84.5 cm³/mol. The van der Waals surface area contributed by atoms with Crippen LogP contribution in [0, 0.1) is 22.7 Å². The van der Waals surface area contributed by atoms with E-state index in [9.17, 15) is 5.11 Å². The van der Waals surface area contributed by atoms with Gasteiger partial charge in [-0.25, -0.2) is 0 Å². The lowest BCUT2D eigenvalue weighted by atomic mass is 9.57. The number of rotatable bonds is 6. The second-order valence-electron chi connectivity index (χ2n) is 7.71. The van der Waals surface area contributed by atoms with Crippen molar-refractivity contribution in [3.63, 3.8) is 0 Å². The Bertz CT molecular complexity index is 335. The molecule has 0 aromatic heterocycles. The largest absolute Gasteiger partial charge is 0.396 e. The highest BCUT2D eigenvalue weighted by molar-refractivity contribution is 5.23. The third-order valence-electron chi connectivity index (χ3n) is 7.46. The van der Waals surface area contributed by atoms with E-state index >= 15 is 0 Å². The molecule has 3 heteroatoms. The average molecular weight is 282 g/mol. The molecule has 118 valence electrons. The summed E-state index contributed by atoms with van der Waals surface area (Å²) in [4.78, 5) is 2.61. The summed E-state index contributed by atoms with van der Waals surface area (Å²) in [6.07, 6.45) is 3.83. The van der Waals surface area contributed by atoms with Gasteiger partial charge in [0.2, 0.25) is 0 Å². The number of hydrogen-bond acceptors (Lipinski definition) is 3. The Morgan fingerprint density at radius 1 is 1.25 bits per heavy atom. The van der Waals surface area contributed by atoms with Crippen molar-refractivity contribution in [2.24, 2.45) is 28.4 Å². The molecule has 4 atom stereocenters. The van der Waals surface area contributed by atoms with Gasteiger partial charge >= 0.3 is 0 Å². The molecule has 0 spiro atoms. The van der Waals surface area contributed by atoms with Crippen molar-refractivity contribution in [3.05, 3.63) is 0 Å². The molecule has 2 bridgehead atoms. The van der Waals surface area contributed by atoms with Crippen LogP contribution in [0.2, 0.25) is 0 Å². The molecule has 3 N–H and O–H groups in total. The highest BCUT2D eigenvalue weighted by Gasteiger charge is 2.71. The molecule has 0 aromatic rings. The van der Waals surface area contributed by atoms with Crippen LogP contribution in [0.3, 0.4) is 0 Å². The molecule has 0 saturated heterocycles. The summed E-state index contributed by atoms with van der Waals surface area (Å²) >= 11 is 0. The van der Waals surface area contributed by atoms with Crippen molar-refractivity contribution in [3.8, 4) is 0 Å². The quantitative estimate of drug-likeness (QED) is 0.787. The van der Waals surface area contributed by atoms with Gasteiger partial charge in [0.05, 0.1) is 0 Å². The Hall–Kier alpha value is -0.120. The molecule has 0 aliphatic heterocycles. The molecule has 2 aliphatic rings. The van der Waals surface area contributed by atoms with Gasteiger partial charge in [-0.1, -0.05) is 34.6 Å². The van der Waals surface area contributed by atoms with E-state index in [1.807, 2.05) is 0 Å². The number of aliphatic hydroxyl groups excluding tert-OH is 1. The lowest BCUT2D eigenvalue weighted by Gasteiger charge is -2.58. The van der Waals surface area contributed by atoms with Crippen LogP contribution in [0.25, 0.3) is 0 Å². The molecule has 2 aliphatic carbocycles. The monoisotopic (exact) mass is 282 g/mol. The van der Waals surface area contributed by atoms with Gasteiger partial charge in [-0.2, -0.15) is 0 Å². The van der Waals surface area contributed by atoms with Crippen LogP contribution >= 0.6 is 0 Å². The first kappa shape index (κ1) is 16.3. The minimum atomic E-state index is 0.0758. The van der Waals surface area contributed by atoms with Gasteiger partial charge in [-0.15, -0.1) is 0 Å². The summed E-state index contributed by atoms with van der Waals surface area (Å²) in [6, 6.07) is 0. The molecular weight excluding hydrogens is 248 g/mol. The van der Waals surface area contributed by atoms with Crippen LogP contribution < -0.4 is 5.73 Å². The third-order valence-corrected chi connectivity index (χ3v) is 7.46. The summed E-state index contributed by atoms with van der Waals surface area (Å²) in [5.41, 5.74) is 6.76. The summed E-state index contributed by atoms with van der Waals surface area (Å²) in [5, 5.41) is 10.00. The zero-order valence-electron chi connectivity index (χ0n) is 14.1. The Morgan fingerprint density at radius 3 is 2.15 bits per heavy atom. The van der Waals surface area contributed by atoms with Gasteiger partial charge in [0.25, 0.3) is 0 Å². The van der Waals surface area contributed by atoms with E-state index in [0.29, 0.717) is 12.0 Å². The summed E-state index contributed by atoms with van der Waals surface area (Å²) in [7, 11) is 0. The van der Waals surface area contributed by atoms with E-state index in [-0.39, 0.29) is 23.5 Å². The topological polar surface area (TPSA) is 49.5 Å². The fourth-order valence-corrected chi connectivity index (χ4v) is 5.89. The smallest absolute Gasteiger partial charge is 0.0489 e. The van der Waals surface area contributed by atoms with Gasteiger partial charge in [0, 0.05) is 18.1 Å². The second kappa shape index (κ2) is 5.26. The first-order valence-electron chi connectivity index (χ1n) is 8.41. The van der Waals surface area contributed by atoms with Crippen LogP contribution in [-0.2, 0) is 0 Å². The normalized spacial score (nSPS) is 40.5. The number of fused-ring (bicyclic) bond motifs is 2. The SMILES string of the molecule is CCN(CC)[C@]1([C@@H](CN)CO)C[C@H]2CC[C@@]1(C)C2(C)C. The fourth-order valence-electron chi connectivity index (χ4n) is 5.89. The summed E-state index contributed by atoms with van der Waals surface area (Å²) < 4.78 is 0. The van der Waals surface area contributed by atoms with Crippen molar-refractivity contribution >= 4 is 0 Å². The van der Waals surface area contributed by atoms with Crippen molar-refractivity contribution in [1.82, 2.24) is 4.90 Å². The highest BCUT2D eigenvalue weighted by Crippen LogP contribution is 2.72. The molecule has 20 heavy (non-hydrogen) atoms. The number of nitrogens with zero attached hydrogens (tertiary/aromatic N) is 1. The maximum Gasteiger partial charge on any atom is 0.0489 e. The van der Waals surface area contributed by atoms with Crippen LogP contribution in [0.5, 0.6) is 0 Å². The van der Waals surface area contributed by atoms with Crippen LogP contribution in [0.4, 0.5) is 0 Å². The van der Waals surface area contributed by atoms with Crippen LogP contribution in [-0.4, -0.2) is 41.8 Å². The molecule has 0 amide bonds. The third kappa shape index (κ3) is 1.69. The average Bonchev–Trinajstić information content (AvgIpc) is 2.74. The summed E-state index contributed by atoms with van der Waals surface area (Å²) in [6.45, 7) is 14.8. The Morgan fingerprint density at radius 2 is 1.85 bits per heavy atom. The minimum absolute atomic E-state index is 0.0758. The number of nitrogens with two attached hydrogens (primary N) is 1. The van der Waals surface area contributed by atoms with Crippen molar-refractivity contribution in [1.29, 1.82) is 0 Å². The van der Waals surface area contributed by atoms with Gasteiger partial charge < -0.3 is 10.8 Å². The van der Waals surface area contributed by atoms with Crippen molar-refractivity contribution in [2.75, 3.05) is 26.2 Å². The molecule has 2 saturated carbocycles. The molecular formula is C17H34N2O. The maximum absolute atomic E-state index is 10.00. The van der Waals surface area contributed by atoms with Crippen molar-refractivity contribution in [2.45, 2.75) is 59.4 Å². The zero-order valence-corrected chi connectivity index (χ0v) is 14.1. The van der Waals surface area contributed by atoms with Crippen LogP contribution in [0.15, 0.2) is 0 Å². The zero-order chi connectivity index (χ0) is 15.2. The van der Waals surface area contributed by atoms with E-state index < -0.39 is 0 Å². The lowest BCUT2D eigenvalue weighted by molar-refractivity contribution is -0.0909. The first-order chi connectivity index (χ1) is 9.35. The van der Waals surface area contributed by atoms with Gasteiger partial charge in [-0.05, 0) is 55.6 Å². The molecule has 0 aromatic carbocycles. The Labute approximate surface area is 124 Å². The molecule has 3 nitrogen and oxygen atoms in total. The van der Waals surface area contributed by atoms with E-state index in [4.69, 9.17) is 5.73 Å². The Kier molecular flexibility index (Phi) is 4.27. The molecule has 0 radical (unpaired) electrons. The predicted octanol–water partition coefficient (Wildman–Crippen LogP) is 2.48.